The number of rotatable bonds is 4. The number of ether oxygens (including phenoxy) is 1. The summed E-state index contributed by atoms with van der Waals surface area (Å²) in [7, 11) is 0. The number of hydrogen-bond donors (Lipinski definition) is 1. The van der Waals surface area contributed by atoms with Crippen LogP contribution in [0.15, 0.2) is 24.3 Å². The fourth-order valence-electron chi connectivity index (χ4n) is 2.39. The predicted molar refractivity (Wildman–Crippen MR) is 81.4 cm³/mol. The molecule has 0 radical (unpaired) electrons. The van der Waals surface area contributed by atoms with Gasteiger partial charge < -0.3 is 14.7 Å². The molecule has 21 heavy (non-hydrogen) atoms. The van der Waals surface area contributed by atoms with E-state index in [1.165, 1.54) is 0 Å². The van der Waals surface area contributed by atoms with E-state index in [2.05, 4.69) is 4.90 Å². The molecular formula is C15H21ClN2O3. The van der Waals surface area contributed by atoms with E-state index in [0.29, 0.717) is 31.3 Å². The van der Waals surface area contributed by atoms with Gasteiger partial charge in [0.25, 0.3) is 0 Å². The van der Waals surface area contributed by atoms with Gasteiger partial charge in [0, 0.05) is 37.7 Å². The number of halogens is 1. The van der Waals surface area contributed by atoms with Gasteiger partial charge >= 0.3 is 6.09 Å². The molecule has 1 saturated heterocycles. The normalized spacial score (nSPS) is 17.6. The Morgan fingerprint density at radius 1 is 1.38 bits per heavy atom. The van der Waals surface area contributed by atoms with Gasteiger partial charge in [-0.1, -0.05) is 23.7 Å². The predicted octanol–water partition coefficient (Wildman–Crippen LogP) is 2.15. The summed E-state index contributed by atoms with van der Waals surface area (Å²) in [6.45, 7) is 5.45. The molecule has 1 aliphatic heterocycles. The van der Waals surface area contributed by atoms with Crippen molar-refractivity contribution in [1.82, 2.24) is 9.80 Å². The maximum Gasteiger partial charge on any atom is 0.409 e. The van der Waals surface area contributed by atoms with Gasteiger partial charge in [0.05, 0.1) is 12.7 Å². The van der Waals surface area contributed by atoms with Crippen LogP contribution in [0.2, 0.25) is 5.02 Å². The fraction of sp³-hybridized carbons (Fsp3) is 0.533. The molecule has 2 rings (SSSR count). The molecule has 116 valence electrons. The van der Waals surface area contributed by atoms with E-state index >= 15 is 0 Å². The lowest BCUT2D eigenvalue weighted by Gasteiger charge is -2.35. The van der Waals surface area contributed by atoms with E-state index in [1.807, 2.05) is 12.1 Å². The van der Waals surface area contributed by atoms with Gasteiger partial charge in [-0.25, -0.2) is 4.79 Å². The highest BCUT2D eigenvalue weighted by atomic mass is 35.5. The monoisotopic (exact) mass is 312 g/mol. The Bertz CT molecular complexity index is 476. The maximum atomic E-state index is 11.6. The standard InChI is InChI=1S/C15H21ClN2O3/c1-2-21-15(20)18-8-6-17(7-9-18)11-14(19)12-4-3-5-13(16)10-12/h3-5,10,14,19H,2,6-9,11H2,1H3. The lowest BCUT2D eigenvalue weighted by molar-refractivity contribution is 0.0578. The van der Waals surface area contributed by atoms with E-state index in [-0.39, 0.29) is 6.09 Å². The molecule has 1 amide bonds. The van der Waals surface area contributed by atoms with Crippen LogP contribution in [-0.2, 0) is 4.74 Å². The Hall–Kier alpha value is -1.30. The minimum Gasteiger partial charge on any atom is -0.450 e. The Morgan fingerprint density at radius 3 is 2.71 bits per heavy atom. The van der Waals surface area contributed by atoms with E-state index in [0.717, 1.165) is 18.7 Å². The van der Waals surface area contributed by atoms with Gasteiger partial charge in [0.2, 0.25) is 0 Å². The zero-order valence-electron chi connectivity index (χ0n) is 12.2. The van der Waals surface area contributed by atoms with Crippen LogP contribution in [0.25, 0.3) is 0 Å². The van der Waals surface area contributed by atoms with Crippen LogP contribution in [-0.4, -0.2) is 60.3 Å². The van der Waals surface area contributed by atoms with Crippen LogP contribution >= 0.6 is 11.6 Å². The molecular weight excluding hydrogens is 292 g/mol. The van der Waals surface area contributed by atoms with E-state index in [1.54, 1.807) is 24.0 Å². The van der Waals surface area contributed by atoms with Crippen molar-refractivity contribution >= 4 is 17.7 Å². The molecule has 1 fully saturated rings. The average molecular weight is 313 g/mol. The van der Waals surface area contributed by atoms with Crippen LogP contribution in [0.3, 0.4) is 0 Å². The summed E-state index contributed by atoms with van der Waals surface area (Å²) in [5.41, 5.74) is 0.815. The van der Waals surface area contributed by atoms with Crippen molar-refractivity contribution in [1.29, 1.82) is 0 Å². The summed E-state index contributed by atoms with van der Waals surface area (Å²) in [4.78, 5) is 15.4. The number of carbonyl (C=O) groups excluding carboxylic acids is 1. The van der Waals surface area contributed by atoms with Crippen molar-refractivity contribution in [3.63, 3.8) is 0 Å². The number of aliphatic hydroxyl groups excluding tert-OH is 1. The minimum absolute atomic E-state index is 0.257. The highest BCUT2D eigenvalue weighted by Gasteiger charge is 2.23. The molecule has 0 saturated carbocycles. The third-order valence-corrected chi connectivity index (χ3v) is 3.80. The maximum absolute atomic E-state index is 11.6. The number of hydrogen-bond acceptors (Lipinski definition) is 4. The molecule has 0 spiro atoms. The molecule has 1 N–H and O–H groups in total. The van der Waals surface area contributed by atoms with Crippen molar-refractivity contribution in [2.75, 3.05) is 39.3 Å². The number of benzene rings is 1. The summed E-state index contributed by atoms with van der Waals surface area (Å²) >= 11 is 5.93. The van der Waals surface area contributed by atoms with Gasteiger partial charge in [0.15, 0.2) is 0 Å². The summed E-state index contributed by atoms with van der Waals surface area (Å²) in [6, 6.07) is 7.27. The highest BCUT2D eigenvalue weighted by molar-refractivity contribution is 6.30. The largest absolute Gasteiger partial charge is 0.450 e. The topological polar surface area (TPSA) is 53.0 Å². The van der Waals surface area contributed by atoms with Crippen LogP contribution in [0.5, 0.6) is 0 Å². The summed E-state index contributed by atoms with van der Waals surface area (Å²) < 4.78 is 4.98. The third kappa shape index (κ3) is 4.59. The fourth-order valence-corrected chi connectivity index (χ4v) is 2.59. The van der Waals surface area contributed by atoms with Crippen molar-refractivity contribution < 1.29 is 14.6 Å². The van der Waals surface area contributed by atoms with Gasteiger partial charge in [0.1, 0.15) is 0 Å². The molecule has 5 nitrogen and oxygen atoms in total. The van der Waals surface area contributed by atoms with Crippen molar-refractivity contribution in [2.24, 2.45) is 0 Å². The summed E-state index contributed by atoms with van der Waals surface area (Å²) in [5, 5.41) is 10.9. The van der Waals surface area contributed by atoms with Gasteiger partial charge in [-0.2, -0.15) is 0 Å². The smallest absolute Gasteiger partial charge is 0.409 e. The summed E-state index contributed by atoms with van der Waals surface area (Å²) in [6.07, 6.45) is -0.828. The lowest BCUT2D eigenvalue weighted by atomic mass is 10.1. The Morgan fingerprint density at radius 2 is 2.10 bits per heavy atom. The first-order valence-corrected chi connectivity index (χ1v) is 7.55. The number of aliphatic hydroxyl groups is 1. The number of carbonyl (C=O) groups is 1. The molecule has 6 heteroatoms. The lowest BCUT2D eigenvalue weighted by Crippen LogP contribution is -2.49. The van der Waals surface area contributed by atoms with Crippen LogP contribution in [0.1, 0.15) is 18.6 Å². The molecule has 1 aliphatic rings. The highest BCUT2D eigenvalue weighted by Crippen LogP contribution is 2.19. The van der Waals surface area contributed by atoms with Gasteiger partial charge in [-0.15, -0.1) is 0 Å². The second kappa shape index (κ2) is 7.64. The number of nitrogens with zero attached hydrogens (tertiary/aromatic N) is 2. The molecule has 0 aliphatic carbocycles. The number of piperazine rings is 1. The van der Waals surface area contributed by atoms with E-state index < -0.39 is 6.10 Å². The van der Waals surface area contributed by atoms with Crippen LogP contribution in [0, 0.1) is 0 Å². The minimum atomic E-state index is -0.571. The molecule has 1 aromatic rings. The van der Waals surface area contributed by atoms with Gasteiger partial charge in [-0.3, -0.25) is 4.90 Å². The van der Waals surface area contributed by atoms with E-state index in [9.17, 15) is 9.90 Å². The van der Waals surface area contributed by atoms with Gasteiger partial charge in [-0.05, 0) is 24.6 Å². The quantitative estimate of drug-likeness (QED) is 0.925. The average Bonchev–Trinajstić information content (AvgIpc) is 2.48. The molecule has 0 aromatic heterocycles. The molecule has 1 atom stereocenters. The second-order valence-electron chi connectivity index (χ2n) is 5.06. The molecule has 0 bridgehead atoms. The Balaban J connectivity index is 1.82. The van der Waals surface area contributed by atoms with Crippen LogP contribution in [0.4, 0.5) is 4.79 Å². The molecule has 1 unspecified atom stereocenters. The first kappa shape index (κ1) is 16.1. The first-order valence-electron chi connectivity index (χ1n) is 7.17. The van der Waals surface area contributed by atoms with Crippen molar-refractivity contribution in [3.8, 4) is 0 Å². The SMILES string of the molecule is CCOC(=O)N1CCN(CC(O)c2cccc(Cl)c2)CC1. The summed E-state index contributed by atoms with van der Waals surface area (Å²) in [5.74, 6) is 0. The Kier molecular flexibility index (Phi) is 5.85. The van der Waals surface area contributed by atoms with Crippen molar-refractivity contribution in [3.05, 3.63) is 34.9 Å². The third-order valence-electron chi connectivity index (χ3n) is 3.56. The zero-order valence-corrected chi connectivity index (χ0v) is 12.9. The van der Waals surface area contributed by atoms with Crippen LogP contribution < -0.4 is 0 Å². The first-order chi connectivity index (χ1) is 10.1. The number of amides is 1. The van der Waals surface area contributed by atoms with Crippen molar-refractivity contribution in [2.45, 2.75) is 13.0 Å². The number of β-amino-alcohol motifs (C(OH)–C–C–N with tert-alkyl or cyclic N) is 1. The second-order valence-corrected chi connectivity index (χ2v) is 5.49. The molecule has 1 aromatic carbocycles. The van der Waals surface area contributed by atoms with E-state index in [4.69, 9.17) is 16.3 Å². The zero-order chi connectivity index (χ0) is 15.2. The Labute approximate surface area is 130 Å². The molecule has 1 heterocycles.